The zero-order valence-corrected chi connectivity index (χ0v) is 15.6. The Hall–Kier alpha value is -2.41. The van der Waals surface area contributed by atoms with Gasteiger partial charge in [-0.05, 0) is 39.8 Å². The van der Waals surface area contributed by atoms with E-state index in [1.807, 2.05) is 31.2 Å². The van der Waals surface area contributed by atoms with Crippen LogP contribution in [0, 0.1) is 13.8 Å². The molecule has 1 aromatic carbocycles. The van der Waals surface area contributed by atoms with Gasteiger partial charge in [-0.1, -0.05) is 29.0 Å². The van der Waals surface area contributed by atoms with E-state index in [1.54, 1.807) is 20.8 Å². The van der Waals surface area contributed by atoms with Crippen molar-refractivity contribution in [1.82, 2.24) is 4.98 Å². The van der Waals surface area contributed by atoms with Crippen LogP contribution in [-0.2, 0) is 9.53 Å². The van der Waals surface area contributed by atoms with E-state index in [0.717, 1.165) is 22.6 Å². The summed E-state index contributed by atoms with van der Waals surface area (Å²) in [6.07, 6.45) is -0.0101. The number of nitrogens with one attached hydrogen (secondary N) is 1. The number of nitrogens with zero attached hydrogens (tertiary/aromatic N) is 1. The van der Waals surface area contributed by atoms with Crippen molar-refractivity contribution < 1.29 is 19.1 Å². The van der Waals surface area contributed by atoms with Crippen LogP contribution in [0.25, 0.3) is 0 Å². The van der Waals surface area contributed by atoms with Crippen molar-refractivity contribution in [3.05, 3.63) is 40.4 Å². The Morgan fingerprint density at radius 3 is 2.52 bits per heavy atom. The molecule has 1 aromatic heterocycles. The number of rotatable bonds is 7. The molecule has 1 amide bonds. The monoisotopic (exact) mass is 362 g/mol. The Balaban J connectivity index is 1.84. The summed E-state index contributed by atoms with van der Waals surface area (Å²) >= 11 is 1.11. The molecule has 0 saturated carbocycles. The summed E-state index contributed by atoms with van der Waals surface area (Å²) in [5.74, 6) is 0.0834. The molecule has 6 nitrogen and oxygen atoms in total. The van der Waals surface area contributed by atoms with Gasteiger partial charge < -0.3 is 14.8 Å². The van der Waals surface area contributed by atoms with Crippen molar-refractivity contribution in [3.63, 3.8) is 0 Å². The fraction of sp³-hybridized carbons (Fsp3) is 0.389. The minimum absolute atomic E-state index is 0.193. The number of hydrogen-bond acceptors (Lipinski definition) is 6. The number of amides is 1. The van der Waals surface area contributed by atoms with E-state index in [-0.39, 0.29) is 25.0 Å². The molecule has 1 heterocycles. The second-order valence-electron chi connectivity index (χ2n) is 5.85. The molecule has 25 heavy (non-hydrogen) atoms. The van der Waals surface area contributed by atoms with Gasteiger partial charge in [0.15, 0.2) is 5.13 Å². The van der Waals surface area contributed by atoms with Crippen molar-refractivity contribution in [3.8, 4) is 5.75 Å². The molecule has 2 aromatic rings. The SMILES string of the molecule is Cc1ccc(OCCC(=O)Nc2nc(C)c(C(=O)OC(C)C)s2)cc1. The number of carbonyl (C=O) groups excluding carboxylic acids is 2. The lowest BCUT2D eigenvalue weighted by Gasteiger charge is -2.06. The molecule has 0 bridgehead atoms. The van der Waals surface area contributed by atoms with Gasteiger partial charge in [0.2, 0.25) is 5.91 Å². The first-order chi connectivity index (χ1) is 11.8. The van der Waals surface area contributed by atoms with Crippen LogP contribution in [0.3, 0.4) is 0 Å². The van der Waals surface area contributed by atoms with Crippen LogP contribution in [0.4, 0.5) is 5.13 Å². The van der Waals surface area contributed by atoms with Gasteiger partial charge in [0, 0.05) is 0 Å². The summed E-state index contributed by atoms with van der Waals surface area (Å²) in [5.41, 5.74) is 1.69. The van der Waals surface area contributed by atoms with E-state index in [0.29, 0.717) is 15.7 Å². The van der Waals surface area contributed by atoms with Gasteiger partial charge >= 0.3 is 5.97 Å². The maximum Gasteiger partial charge on any atom is 0.350 e. The van der Waals surface area contributed by atoms with Crippen LogP contribution >= 0.6 is 11.3 Å². The fourth-order valence-corrected chi connectivity index (χ4v) is 2.85. The highest BCUT2D eigenvalue weighted by Crippen LogP contribution is 2.24. The normalized spacial score (nSPS) is 10.6. The minimum Gasteiger partial charge on any atom is -0.493 e. The largest absolute Gasteiger partial charge is 0.493 e. The maximum absolute atomic E-state index is 12.0. The number of thiazole rings is 1. The second-order valence-corrected chi connectivity index (χ2v) is 6.85. The lowest BCUT2D eigenvalue weighted by atomic mass is 10.2. The number of carbonyl (C=O) groups is 2. The molecule has 0 aliphatic carbocycles. The molecule has 2 rings (SSSR count). The zero-order chi connectivity index (χ0) is 18.4. The van der Waals surface area contributed by atoms with Crippen LogP contribution in [-0.4, -0.2) is 29.6 Å². The van der Waals surface area contributed by atoms with Crippen molar-refractivity contribution in [2.75, 3.05) is 11.9 Å². The summed E-state index contributed by atoms with van der Waals surface area (Å²) in [6, 6.07) is 7.63. The summed E-state index contributed by atoms with van der Waals surface area (Å²) in [5, 5.41) is 3.07. The van der Waals surface area contributed by atoms with Crippen molar-refractivity contribution in [1.29, 1.82) is 0 Å². The number of esters is 1. The van der Waals surface area contributed by atoms with Gasteiger partial charge in [-0.3, -0.25) is 4.79 Å². The topological polar surface area (TPSA) is 77.5 Å². The van der Waals surface area contributed by atoms with Gasteiger partial charge in [0.05, 0.1) is 24.8 Å². The van der Waals surface area contributed by atoms with Crippen molar-refractivity contribution in [2.45, 2.75) is 40.2 Å². The van der Waals surface area contributed by atoms with Crippen LogP contribution in [0.5, 0.6) is 5.75 Å². The molecule has 0 radical (unpaired) electrons. The van der Waals surface area contributed by atoms with Gasteiger partial charge in [-0.2, -0.15) is 0 Å². The van der Waals surface area contributed by atoms with E-state index in [9.17, 15) is 9.59 Å². The lowest BCUT2D eigenvalue weighted by Crippen LogP contribution is -2.15. The molecular formula is C18H22N2O4S. The third-order valence-electron chi connectivity index (χ3n) is 3.19. The fourth-order valence-electron chi connectivity index (χ4n) is 1.98. The highest BCUT2D eigenvalue weighted by molar-refractivity contribution is 7.17. The number of aryl methyl sites for hydroxylation is 2. The van der Waals surface area contributed by atoms with Gasteiger partial charge in [-0.25, -0.2) is 9.78 Å². The quantitative estimate of drug-likeness (QED) is 0.759. The van der Waals surface area contributed by atoms with Gasteiger partial charge in [0.1, 0.15) is 10.6 Å². The first kappa shape index (κ1) is 18.9. The van der Waals surface area contributed by atoms with E-state index in [4.69, 9.17) is 9.47 Å². The summed E-state index contributed by atoms with van der Waals surface area (Å²) < 4.78 is 10.7. The first-order valence-electron chi connectivity index (χ1n) is 8.03. The van der Waals surface area contributed by atoms with Crippen LogP contribution in [0.2, 0.25) is 0 Å². The number of hydrogen-bond donors (Lipinski definition) is 1. The van der Waals surface area contributed by atoms with Gasteiger partial charge in [0.25, 0.3) is 0 Å². The average molecular weight is 362 g/mol. The molecule has 0 fully saturated rings. The molecule has 134 valence electrons. The van der Waals surface area contributed by atoms with Crippen molar-refractivity contribution in [2.24, 2.45) is 0 Å². The summed E-state index contributed by atoms with van der Waals surface area (Å²) in [4.78, 5) is 28.5. The molecule has 0 aliphatic heterocycles. The third-order valence-corrected chi connectivity index (χ3v) is 4.24. The molecule has 0 atom stereocenters. The Bertz CT molecular complexity index is 738. The molecule has 0 aliphatic rings. The Morgan fingerprint density at radius 1 is 1.20 bits per heavy atom. The van der Waals surface area contributed by atoms with E-state index >= 15 is 0 Å². The first-order valence-corrected chi connectivity index (χ1v) is 8.84. The molecule has 0 spiro atoms. The second kappa shape index (κ2) is 8.62. The number of benzene rings is 1. The lowest BCUT2D eigenvalue weighted by molar-refractivity contribution is -0.116. The maximum atomic E-state index is 12.0. The van der Waals surface area contributed by atoms with Crippen molar-refractivity contribution >= 4 is 28.3 Å². The zero-order valence-electron chi connectivity index (χ0n) is 14.8. The standard InChI is InChI=1S/C18H22N2O4S/c1-11(2)24-17(22)16-13(4)19-18(25-16)20-15(21)9-10-23-14-7-5-12(3)6-8-14/h5-8,11H,9-10H2,1-4H3,(H,19,20,21). The highest BCUT2D eigenvalue weighted by atomic mass is 32.1. The molecule has 0 unspecified atom stereocenters. The smallest absolute Gasteiger partial charge is 0.350 e. The molecule has 7 heteroatoms. The summed E-state index contributed by atoms with van der Waals surface area (Å²) in [7, 11) is 0. The minimum atomic E-state index is -0.423. The highest BCUT2D eigenvalue weighted by Gasteiger charge is 2.18. The molecule has 0 saturated heterocycles. The van der Waals surface area contributed by atoms with E-state index < -0.39 is 5.97 Å². The van der Waals surface area contributed by atoms with Crippen LogP contribution < -0.4 is 10.1 Å². The number of aromatic nitrogens is 1. The average Bonchev–Trinajstić information content (AvgIpc) is 2.89. The predicted molar refractivity (Wildman–Crippen MR) is 97.3 cm³/mol. The predicted octanol–water partition coefficient (Wildman–Crippen LogP) is 3.73. The van der Waals surface area contributed by atoms with E-state index in [2.05, 4.69) is 10.3 Å². The Kier molecular flexibility index (Phi) is 6.52. The molecular weight excluding hydrogens is 340 g/mol. The third kappa shape index (κ3) is 5.86. The van der Waals surface area contributed by atoms with E-state index in [1.165, 1.54) is 0 Å². The Labute approximate surface area is 151 Å². The Morgan fingerprint density at radius 2 is 1.88 bits per heavy atom. The van der Waals surface area contributed by atoms with Gasteiger partial charge in [-0.15, -0.1) is 0 Å². The van der Waals surface area contributed by atoms with Crippen LogP contribution in [0.1, 0.15) is 41.2 Å². The number of ether oxygens (including phenoxy) is 2. The van der Waals surface area contributed by atoms with Crippen LogP contribution in [0.15, 0.2) is 24.3 Å². The molecule has 1 N–H and O–H groups in total. The summed E-state index contributed by atoms with van der Waals surface area (Å²) in [6.45, 7) is 7.54. The number of anilines is 1.